The zero-order valence-corrected chi connectivity index (χ0v) is 14.4. The molecule has 0 radical (unpaired) electrons. The third kappa shape index (κ3) is 5.64. The number of nitrogens with zero attached hydrogens (tertiary/aromatic N) is 1. The van der Waals surface area contributed by atoms with Crippen molar-refractivity contribution in [2.75, 3.05) is 11.9 Å². The Morgan fingerprint density at radius 1 is 1.14 bits per heavy atom. The van der Waals surface area contributed by atoms with E-state index in [-0.39, 0.29) is 5.91 Å². The van der Waals surface area contributed by atoms with E-state index in [0.29, 0.717) is 13.0 Å². The monoisotopic (exact) mass is 365 g/mol. The number of thiophene rings is 1. The lowest BCUT2D eigenvalue weighted by molar-refractivity contribution is -0.131. The van der Waals surface area contributed by atoms with Gasteiger partial charge in [0.25, 0.3) is 0 Å². The number of carbonyl (C=O) groups excluding carboxylic acids is 1. The number of hydrogen-bond donors (Lipinski definition) is 0. The van der Waals surface area contributed by atoms with Gasteiger partial charge in [-0.25, -0.2) is 0 Å². The summed E-state index contributed by atoms with van der Waals surface area (Å²) in [5.74, 6) is 0.245. The van der Waals surface area contributed by atoms with Gasteiger partial charge in [0.05, 0.1) is 0 Å². The third-order valence-electron chi connectivity index (χ3n) is 3.32. The fraction of sp³-hybridized carbons (Fsp3) is 0.353. The smallest absolute Gasteiger partial charge is 0.222 e. The molecule has 2 nitrogen and oxygen atoms in total. The predicted molar refractivity (Wildman–Crippen MR) is 92.9 cm³/mol. The van der Waals surface area contributed by atoms with Crippen molar-refractivity contribution in [3.63, 3.8) is 0 Å². The second-order valence-corrected chi connectivity index (χ2v) is 6.75. The number of halogens is 1. The fourth-order valence-electron chi connectivity index (χ4n) is 2.22. The normalized spacial score (nSPS) is 10.5. The molecule has 4 heteroatoms. The Bertz CT molecular complexity index is 527. The molecule has 1 heterocycles. The number of alkyl halides is 1. The van der Waals surface area contributed by atoms with Gasteiger partial charge in [-0.15, -0.1) is 11.3 Å². The van der Waals surface area contributed by atoms with Crippen LogP contribution in [0.4, 0.5) is 0 Å². The quantitative estimate of drug-likeness (QED) is 0.630. The summed E-state index contributed by atoms with van der Waals surface area (Å²) in [4.78, 5) is 15.7. The van der Waals surface area contributed by atoms with E-state index in [1.54, 1.807) is 11.3 Å². The molecule has 21 heavy (non-hydrogen) atoms. The van der Waals surface area contributed by atoms with Crippen LogP contribution in [-0.2, 0) is 17.8 Å². The van der Waals surface area contributed by atoms with E-state index in [9.17, 15) is 4.79 Å². The number of carbonyl (C=O) groups is 1. The lowest BCUT2D eigenvalue weighted by atomic mass is 10.1. The van der Waals surface area contributed by atoms with Crippen molar-refractivity contribution in [3.05, 3.63) is 58.3 Å². The minimum absolute atomic E-state index is 0.245. The molecule has 0 saturated carbocycles. The van der Waals surface area contributed by atoms with Gasteiger partial charge in [0.1, 0.15) is 0 Å². The lowest BCUT2D eigenvalue weighted by Gasteiger charge is -2.22. The van der Waals surface area contributed by atoms with Crippen molar-refractivity contribution in [2.45, 2.75) is 25.8 Å². The molecule has 0 N–H and O–H groups in total. The highest BCUT2D eigenvalue weighted by Crippen LogP contribution is 2.13. The Hall–Kier alpha value is -1.13. The second-order valence-electron chi connectivity index (χ2n) is 4.92. The van der Waals surface area contributed by atoms with Gasteiger partial charge >= 0.3 is 0 Å². The molecule has 0 bridgehead atoms. The summed E-state index contributed by atoms with van der Waals surface area (Å²) in [6, 6.07) is 14.4. The molecule has 0 unspecified atom stereocenters. The molecule has 112 valence electrons. The lowest BCUT2D eigenvalue weighted by Crippen LogP contribution is -2.32. The molecule has 0 fully saturated rings. The Morgan fingerprint density at radius 2 is 1.95 bits per heavy atom. The van der Waals surface area contributed by atoms with Crippen molar-refractivity contribution < 1.29 is 4.79 Å². The first-order chi connectivity index (χ1) is 10.3. The molecule has 1 amide bonds. The minimum atomic E-state index is 0.245. The van der Waals surface area contributed by atoms with Crippen molar-refractivity contribution in [3.8, 4) is 0 Å². The minimum Gasteiger partial charge on any atom is -0.338 e. The molecule has 1 aromatic heterocycles. The molecular formula is C17H20BrNOS. The van der Waals surface area contributed by atoms with Crippen LogP contribution < -0.4 is 0 Å². The predicted octanol–water partition coefficient (Wildman–Crippen LogP) is 4.49. The van der Waals surface area contributed by atoms with Crippen molar-refractivity contribution in [1.29, 1.82) is 0 Å². The van der Waals surface area contributed by atoms with Crippen LogP contribution in [0.1, 0.15) is 23.3 Å². The third-order valence-corrected chi connectivity index (χ3v) is 4.61. The summed E-state index contributed by atoms with van der Waals surface area (Å²) in [6.07, 6.45) is 2.54. The van der Waals surface area contributed by atoms with Crippen LogP contribution >= 0.6 is 27.3 Å². The van der Waals surface area contributed by atoms with Crippen LogP contribution in [0, 0.1) is 0 Å². The number of benzene rings is 1. The summed E-state index contributed by atoms with van der Waals surface area (Å²) >= 11 is 5.20. The van der Waals surface area contributed by atoms with E-state index in [0.717, 1.165) is 24.7 Å². The largest absolute Gasteiger partial charge is 0.338 e. The highest BCUT2D eigenvalue weighted by Gasteiger charge is 2.13. The first kappa shape index (κ1) is 16.2. The number of hydrogen-bond acceptors (Lipinski definition) is 2. The highest BCUT2D eigenvalue weighted by molar-refractivity contribution is 9.09. The molecule has 0 spiro atoms. The molecule has 2 aromatic rings. The van der Waals surface area contributed by atoms with E-state index in [2.05, 4.69) is 45.6 Å². The Kier molecular flexibility index (Phi) is 6.96. The molecule has 2 rings (SSSR count). The summed E-state index contributed by atoms with van der Waals surface area (Å²) < 4.78 is 0. The molecule has 0 aliphatic heterocycles. The molecule has 1 aromatic carbocycles. The van der Waals surface area contributed by atoms with Crippen LogP contribution in [0.25, 0.3) is 0 Å². The van der Waals surface area contributed by atoms with E-state index < -0.39 is 0 Å². The van der Waals surface area contributed by atoms with E-state index in [1.165, 1.54) is 10.4 Å². The zero-order valence-electron chi connectivity index (χ0n) is 12.0. The molecule has 0 saturated heterocycles. The summed E-state index contributed by atoms with van der Waals surface area (Å²) in [7, 11) is 0. The maximum absolute atomic E-state index is 12.4. The van der Waals surface area contributed by atoms with Crippen molar-refractivity contribution in [2.24, 2.45) is 0 Å². The van der Waals surface area contributed by atoms with Gasteiger partial charge < -0.3 is 4.90 Å². The Balaban J connectivity index is 1.83. The van der Waals surface area contributed by atoms with Crippen LogP contribution in [0.2, 0.25) is 0 Å². The average Bonchev–Trinajstić information content (AvgIpc) is 3.01. The van der Waals surface area contributed by atoms with Crippen molar-refractivity contribution >= 4 is 33.2 Å². The molecule has 0 atom stereocenters. The van der Waals surface area contributed by atoms with Gasteiger partial charge in [0.2, 0.25) is 5.91 Å². The highest BCUT2D eigenvalue weighted by atomic mass is 79.9. The Labute approximate surface area is 138 Å². The van der Waals surface area contributed by atoms with Gasteiger partial charge in [0, 0.05) is 29.7 Å². The van der Waals surface area contributed by atoms with Gasteiger partial charge in [-0.05, 0) is 29.9 Å². The number of aryl methyl sites for hydroxylation is 1. The second kappa shape index (κ2) is 9.00. The van der Waals surface area contributed by atoms with Gasteiger partial charge in [-0.2, -0.15) is 0 Å². The Morgan fingerprint density at radius 3 is 2.62 bits per heavy atom. The van der Waals surface area contributed by atoms with Crippen LogP contribution in [0.15, 0.2) is 47.8 Å². The van der Waals surface area contributed by atoms with Gasteiger partial charge in [0.15, 0.2) is 0 Å². The maximum atomic E-state index is 12.4. The van der Waals surface area contributed by atoms with Crippen LogP contribution in [0.3, 0.4) is 0 Å². The summed E-state index contributed by atoms with van der Waals surface area (Å²) in [5, 5.41) is 2.90. The SMILES string of the molecule is O=C(CCCc1cccs1)N(CCBr)Cc1ccccc1. The first-order valence-electron chi connectivity index (χ1n) is 7.19. The molecular weight excluding hydrogens is 346 g/mol. The average molecular weight is 366 g/mol. The van der Waals surface area contributed by atoms with Gasteiger partial charge in [-0.1, -0.05) is 52.3 Å². The standard InChI is InChI=1S/C17H20BrNOS/c18-11-12-19(14-15-6-2-1-3-7-15)17(20)10-4-8-16-9-5-13-21-16/h1-3,5-7,9,13H,4,8,10-12,14H2. The number of amides is 1. The zero-order chi connectivity index (χ0) is 14.9. The van der Waals surface area contributed by atoms with Crippen molar-refractivity contribution in [1.82, 2.24) is 4.90 Å². The topological polar surface area (TPSA) is 20.3 Å². The van der Waals surface area contributed by atoms with E-state index in [1.807, 2.05) is 23.1 Å². The molecule has 0 aliphatic carbocycles. The van der Waals surface area contributed by atoms with E-state index >= 15 is 0 Å². The summed E-state index contributed by atoms with van der Waals surface area (Å²) in [5.41, 5.74) is 1.19. The van der Waals surface area contributed by atoms with Crippen LogP contribution in [0.5, 0.6) is 0 Å². The maximum Gasteiger partial charge on any atom is 0.222 e. The van der Waals surface area contributed by atoms with Crippen LogP contribution in [-0.4, -0.2) is 22.7 Å². The fourth-order valence-corrected chi connectivity index (χ4v) is 3.40. The molecule has 0 aliphatic rings. The summed E-state index contributed by atoms with van der Waals surface area (Å²) in [6.45, 7) is 1.46. The first-order valence-corrected chi connectivity index (χ1v) is 9.20. The number of rotatable bonds is 8. The van der Waals surface area contributed by atoms with E-state index in [4.69, 9.17) is 0 Å². The van der Waals surface area contributed by atoms with Gasteiger partial charge in [-0.3, -0.25) is 4.79 Å².